The number of benzene rings is 1. The number of amides is 1. The minimum Gasteiger partial charge on any atom is -0.497 e. The van der Waals surface area contributed by atoms with Crippen molar-refractivity contribution in [3.05, 3.63) is 24.3 Å². The maximum Gasteiger partial charge on any atom is 0.248 e. The van der Waals surface area contributed by atoms with E-state index in [1.165, 1.54) is 0 Å². The largest absolute Gasteiger partial charge is 0.497 e. The van der Waals surface area contributed by atoms with Crippen LogP contribution < -0.4 is 10.1 Å². The number of carbonyl (C=O) groups excluding carboxylic acids is 1. The molecule has 0 spiro atoms. The molecule has 1 saturated heterocycles. The molecule has 0 radical (unpaired) electrons. The van der Waals surface area contributed by atoms with E-state index in [9.17, 15) is 13.2 Å². The van der Waals surface area contributed by atoms with Crippen molar-refractivity contribution in [3.63, 3.8) is 0 Å². The van der Waals surface area contributed by atoms with Crippen molar-refractivity contribution in [2.24, 2.45) is 0 Å². The SMILES string of the molecule is COc1ccc(NC2(C(=O)N3CCS(=O)(=O)CC3)CCCCC2)cc1. The molecule has 7 heteroatoms. The highest BCUT2D eigenvalue weighted by molar-refractivity contribution is 7.91. The third kappa shape index (κ3) is 4.08. The summed E-state index contributed by atoms with van der Waals surface area (Å²) in [6.45, 7) is 0.598. The van der Waals surface area contributed by atoms with Gasteiger partial charge < -0.3 is 15.0 Å². The lowest BCUT2D eigenvalue weighted by atomic mass is 9.80. The zero-order valence-electron chi connectivity index (χ0n) is 14.7. The molecule has 25 heavy (non-hydrogen) atoms. The maximum absolute atomic E-state index is 13.3. The van der Waals surface area contributed by atoms with E-state index in [2.05, 4.69) is 5.32 Å². The first-order valence-electron chi connectivity index (χ1n) is 8.86. The summed E-state index contributed by atoms with van der Waals surface area (Å²) in [5.74, 6) is 0.947. The summed E-state index contributed by atoms with van der Waals surface area (Å²) >= 11 is 0. The van der Waals surface area contributed by atoms with Crippen molar-refractivity contribution in [3.8, 4) is 5.75 Å². The van der Waals surface area contributed by atoms with Gasteiger partial charge in [-0.1, -0.05) is 19.3 Å². The smallest absolute Gasteiger partial charge is 0.248 e. The quantitative estimate of drug-likeness (QED) is 0.883. The van der Waals surface area contributed by atoms with Crippen LogP contribution in [-0.4, -0.2) is 56.5 Å². The van der Waals surface area contributed by atoms with E-state index in [1.807, 2.05) is 24.3 Å². The highest BCUT2D eigenvalue weighted by Gasteiger charge is 2.43. The van der Waals surface area contributed by atoms with Crippen LogP contribution in [0.4, 0.5) is 5.69 Å². The van der Waals surface area contributed by atoms with E-state index in [1.54, 1.807) is 12.0 Å². The molecule has 1 aliphatic heterocycles. The summed E-state index contributed by atoms with van der Waals surface area (Å²) in [7, 11) is -1.37. The van der Waals surface area contributed by atoms with E-state index in [-0.39, 0.29) is 17.4 Å². The number of hydrogen-bond acceptors (Lipinski definition) is 5. The monoisotopic (exact) mass is 366 g/mol. The summed E-state index contributed by atoms with van der Waals surface area (Å²) in [5.41, 5.74) is 0.259. The number of hydrogen-bond donors (Lipinski definition) is 1. The van der Waals surface area contributed by atoms with Crippen molar-refractivity contribution < 1.29 is 17.9 Å². The molecule has 6 nitrogen and oxygen atoms in total. The van der Waals surface area contributed by atoms with Gasteiger partial charge in [0, 0.05) is 18.8 Å². The molecule has 1 N–H and O–H groups in total. The number of nitrogens with zero attached hydrogens (tertiary/aromatic N) is 1. The number of methoxy groups -OCH3 is 1. The summed E-state index contributed by atoms with van der Waals surface area (Å²) in [5, 5.41) is 3.47. The first-order valence-corrected chi connectivity index (χ1v) is 10.7. The number of carbonyl (C=O) groups is 1. The lowest BCUT2D eigenvalue weighted by Crippen LogP contribution is -2.58. The Balaban J connectivity index is 1.78. The normalized spacial score (nSPS) is 22.2. The molecule has 0 unspecified atom stereocenters. The summed E-state index contributed by atoms with van der Waals surface area (Å²) in [6, 6.07) is 7.58. The predicted octanol–water partition coefficient (Wildman–Crippen LogP) is 2.07. The molecule has 0 aromatic heterocycles. The molecule has 1 heterocycles. The standard InChI is InChI=1S/C18H26N2O4S/c1-24-16-7-5-15(6-8-16)19-18(9-3-2-4-10-18)17(21)20-11-13-25(22,23)14-12-20/h5-8,19H,2-4,9-14H2,1H3. The number of nitrogens with one attached hydrogen (secondary N) is 1. The van der Waals surface area contributed by atoms with Crippen LogP contribution in [0.2, 0.25) is 0 Å². The Labute approximate surface area is 149 Å². The molecular formula is C18H26N2O4S. The lowest BCUT2D eigenvalue weighted by Gasteiger charge is -2.42. The fraction of sp³-hybridized carbons (Fsp3) is 0.611. The van der Waals surface area contributed by atoms with Gasteiger partial charge in [-0.2, -0.15) is 0 Å². The molecule has 1 aromatic carbocycles. The molecule has 1 saturated carbocycles. The first-order chi connectivity index (χ1) is 11.9. The Morgan fingerprint density at radius 3 is 2.24 bits per heavy atom. The molecule has 2 aliphatic rings. The topological polar surface area (TPSA) is 75.7 Å². The molecular weight excluding hydrogens is 340 g/mol. The van der Waals surface area contributed by atoms with Gasteiger partial charge in [0.05, 0.1) is 18.6 Å². The number of ether oxygens (including phenoxy) is 1. The lowest BCUT2D eigenvalue weighted by molar-refractivity contribution is -0.136. The second kappa shape index (κ2) is 7.23. The molecule has 2 fully saturated rings. The minimum absolute atomic E-state index is 0.0397. The number of sulfone groups is 1. The zero-order chi connectivity index (χ0) is 17.9. The third-order valence-electron chi connectivity index (χ3n) is 5.22. The first kappa shape index (κ1) is 18.0. The van der Waals surface area contributed by atoms with Crippen LogP contribution in [0.5, 0.6) is 5.75 Å². The second-order valence-corrected chi connectivity index (χ2v) is 9.24. The van der Waals surface area contributed by atoms with Crippen molar-refractivity contribution in [2.75, 3.05) is 37.0 Å². The van der Waals surface area contributed by atoms with Gasteiger partial charge in [-0.25, -0.2) is 8.42 Å². The molecule has 138 valence electrons. The van der Waals surface area contributed by atoms with Crippen LogP contribution in [0.1, 0.15) is 32.1 Å². The molecule has 1 amide bonds. The summed E-state index contributed by atoms with van der Waals surface area (Å²) in [6.07, 6.45) is 4.69. The fourth-order valence-electron chi connectivity index (χ4n) is 3.72. The van der Waals surface area contributed by atoms with Crippen molar-refractivity contribution in [1.82, 2.24) is 4.90 Å². The van der Waals surface area contributed by atoms with E-state index in [0.29, 0.717) is 13.1 Å². The van der Waals surface area contributed by atoms with E-state index < -0.39 is 15.4 Å². The van der Waals surface area contributed by atoms with E-state index >= 15 is 0 Å². The van der Waals surface area contributed by atoms with Crippen molar-refractivity contribution in [1.29, 1.82) is 0 Å². The number of anilines is 1. The highest BCUT2D eigenvalue weighted by atomic mass is 32.2. The van der Waals surface area contributed by atoms with Crippen molar-refractivity contribution in [2.45, 2.75) is 37.6 Å². The molecule has 3 rings (SSSR count). The molecule has 1 aliphatic carbocycles. The van der Waals surface area contributed by atoms with Crippen LogP contribution in [0.25, 0.3) is 0 Å². The Morgan fingerprint density at radius 2 is 1.68 bits per heavy atom. The summed E-state index contributed by atoms with van der Waals surface area (Å²) < 4.78 is 28.5. The Kier molecular flexibility index (Phi) is 5.22. The Bertz CT molecular complexity index is 695. The maximum atomic E-state index is 13.3. The molecule has 1 aromatic rings. The summed E-state index contributed by atoms with van der Waals surface area (Å²) in [4.78, 5) is 15.0. The minimum atomic E-state index is -2.99. The van der Waals surface area contributed by atoms with Gasteiger partial charge in [0.25, 0.3) is 0 Å². The van der Waals surface area contributed by atoms with E-state index in [0.717, 1.165) is 43.5 Å². The fourth-order valence-corrected chi connectivity index (χ4v) is 4.92. The van der Waals surface area contributed by atoms with Gasteiger partial charge in [0.15, 0.2) is 9.84 Å². The average molecular weight is 366 g/mol. The van der Waals surface area contributed by atoms with E-state index in [4.69, 9.17) is 4.74 Å². The van der Waals surface area contributed by atoms with Gasteiger partial charge in [0.2, 0.25) is 5.91 Å². The Hall–Kier alpha value is -1.76. The van der Waals surface area contributed by atoms with Gasteiger partial charge in [-0.15, -0.1) is 0 Å². The third-order valence-corrected chi connectivity index (χ3v) is 6.83. The van der Waals surface area contributed by atoms with Gasteiger partial charge >= 0.3 is 0 Å². The van der Waals surface area contributed by atoms with Gasteiger partial charge in [-0.3, -0.25) is 4.79 Å². The van der Waals surface area contributed by atoms with Crippen LogP contribution in [0.15, 0.2) is 24.3 Å². The Morgan fingerprint density at radius 1 is 1.08 bits per heavy atom. The van der Waals surface area contributed by atoms with Crippen LogP contribution in [-0.2, 0) is 14.6 Å². The number of rotatable bonds is 4. The molecule has 0 atom stereocenters. The van der Waals surface area contributed by atoms with Crippen molar-refractivity contribution >= 4 is 21.4 Å². The van der Waals surface area contributed by atoms with Gasteiger partial charge in [0.1, 0.15) is 11.3 Å². The molecule has 0 bridgehead atoms. The zero-order valence-corrected chi connectivity index (χ0v) is 15.5. The van der Waals surface area contributed by atoms with Crippen LogP contribution in [0, 0.1) is 0 Å². The second-order valence-electron chi connectivity index (χ2n) is 6.94. The van der Waals surface area contributed by atoms with Crippen LogP contribution in [0.3, 0.4) is 0 Å². The average Bonchev–Trinajstić information content (AvgIpc) is 2.62. The van der Waals surface area contributed by atoms with Crippen LogP contribution >= 0.6 is 0 Å². The highest BCUT2D eigenvalue weighted by Crippen LogP contribution is 2.34. The predicted molar refractivity (Wildman–Crippen MR) is 97.7 cm³/mol. The van der Waals surface area contributed by atoms with Gasteiger partial charge in [-0.05, 0) is 37.1 Å².